The highest BCUT2D eigenvalue weighted by Crippen LogP contribution is 2.42. The number of halogens is 2. The molecule has 3 aromatic rings. The van der Waals surface area contributed by atoms with Crippen LogP contribution in [0.1, 0.15) is 22.7 Å². The van der Waals surface area contributed by atoms with Gasteiger partial charge in [0.25, 0.3) is 11.7 Å². The van der Waals surface area contributed by atoms with Gasteiger partial charge in [-0.25, -0.2) is 4.39 Å². The van der Waals surface area contributed by atoms with E-state index in [1.807, 2.05) is 0 Å². The Morgan fingerprint density at radius 2 is 1.73 bits per heavy atom. The van der Waals surface area contributed by atoms with Crippen molar-refractivity contribution in [2.24, 2.45) is 0 Å². The molecule has 2 heterocycles. The number of rotatable bonds is 3. The van der Waals surface area contributed by atoms with E-state index in [-0.39, 0.29) is 16.9 Å². The van der Waals surface area contributed by atoms with Crippen LogP contribution in [0.2, 0.25) is 0 Å². The minimum atomic E-state index is -0.848. The van der Waals surface area contributed by atoms with Gasteiger partial charge in [0.2, 0.25) is 0 Å². The number of aliphatic hydroxyl groups excluding tert-OH is 1. The third-order valence-corrected chi connectivity index (χ3v) is 5.53. The van der Waals surface area contributed by atoms with E-state index >= 15 is 0 Å². The second kappa shape index (κ2) is 7.84. The number of Topliss-reactive ketones (excluding diaryl/α,β-unsaturated/α-hetero) is 1. The van der Waals surface area contributed by atoms with E-state index < -0.39 is 23.5 Å². The summed E-state index contributed by atoms with van der Waals surface area (Å²) in [6.45, 7) is 1.56. The zero-order valence-corrected chi connectivity index (χ0v) is 17.4. The quantitative estimate of drug-likeness (QED) is 0.338. The molecule has 0 bridgehead atoms. The predicted molar refractivity (Wildman–Crippen MR) is 114 cm³/mol. The first-order valence-electron chi connectivity index (χ1n) is 9.11. The van der Waals surface area contributed by atoms with E-state index in [0.717, 1.165) is 4.47 Å². The molecule has 1 atom stereocenters. The van der Waals surface area contributed by atoms with Gasteiger partial charge in [-0.3, -0.25) is 19.5 Å². The Morgan fingerprint density at radius 3 is 2.37 bits per heavy atom. The van der Waals surface area contributed by atoms with Crippen molar-refractivity contribution in [1.29, 1.82) is 0 Å². The minimum Gasteiger partial charge on any atom is -0.507 e. The Hall–Kier alpha value is -3.32. The number of nitrogens with zero attached hydrogens (tertiary/aromatic N) is 2. The summed E-state index contributed by atoms with van der Waals surface area (Å²) in [5.74, 6) is -2.33. The third-order valence-electron chi connectivity index (χ3n) is 5.00. The van der Waals surface area contributed by atoms with Crippen LogP contribution in [0, 0.1) is 12.7 Å². The van der Waals surface area contributed by atoms with Crippen LogP contribution in [0.4, 0.5) is 10.1 Å². The molecule has 1 aliphatic heterocycles. The number of ketones is 1. The number of pyridine rings is 1. The van der Waals surface area contributed by atoms with Gasteiger partial charge in [0, 0.05) is 28.1 Å². The highest BCUT2D eigenvalue weighted by atomic mass is 79.9. The van der Waals surface area contributed by atoms with Crippen molar-refractivity contribution < 1.29 is 19.1 Å². The molecular weight excluding hydrogens is 451 g/mol. The second-order valence-electron chi connectivity index (χ2n) is 6.89. The molecular formula is C23H16BrFN2O3. The molecule has 1 unspecified atom stereocenters. The van der Waals surface area contributed by atoms with Gasteiger partial charge in [-0.15, -0.1) is 0 Å². The fourth-order valence-electron chi connectivity index (χ4n) is 3.51. The number of benzene rings is 2. The molecule has 0 spiro atoms. The maximum Gasteiger partial charge on any atom is 0.300 e. The van der Waals surface area contributed by atoms with Crippen molar-refractivity contribution in [3.8, 4) is 0 Å². The normalized spacial score (nSPS) is 18.1. The number of hydrogen-bond acceptors (Lipinski definition) is 4. The van der Waals surface area contributed by atoms with Gasteiger partial charge in [0.15, 0.2) is 0 Å². The SMILES string of the molecule is Cc1cc(/C(O)=C2/C(=O)C(=O)N(c3ccc(Br)cc3)C2c2ccncc2)ccc1F. The van der Waals surface area contributed by atoms with Crippen LogP contribution in [0.25, 0.3) is 5.76 Å². The molecule has 0 saturated carbocycles. The Bertz CT molecular complexity index is 1180. The number of carbonyl (C=O) groups is 2. The van der Waals surface area contributed by atoms with Crippen molar-refractivity contribution in [3.63, 3.8) is 0 Å². The third kappa shape index (κ3) is 3.41. The van der Waals surface area contributed by atoms with Gasteiger partial charge in [0.1, 0.15) is 11.6 Å². The topological polar surface area (TPSA) is 70.5 Å². The van der Waals surface area contributed by atoms with Crippen LogP contribution in [-0.2, 0) is 9.59 Å². The first kappa shape index (κ1) is 20.0. The van der Waals surface area contributed by atoms with Crippen LogP contribution in [0.3, 0.4) is 0 Å². The first-order chi connectivity index (χ1) is 14.4. The van der Waals surface area contributed by atoms with E-state index in [9.17, 15) is 19.1 Å². The van der Waals surface area contributed by atoms with Crippen LogP contribution in [0.5, 0.6) is 0 Å². The van der Waals surface area contributed by atoms with Crippen LogP contribution in [-0.4, -0.2) is 21.8 Å². The van der Waals surface area contributed by atoms with Crippen molar-refractivity contribution >= 4 is 39.1 Å². The summed E-state index contributed by atoms with van der Waals surface area (Å²) in [6.07, 6.45) is 3.11. The lowest BCUT2D eigenvalue weighted by Crippen LogP contribution is -2.29. The number of aromatic nitrogens is 1. The fraction of sp³-hybridized carbons (Fsp3) is 0.0870. The summed E-state index contributed by atoms with van der Waals surface area (Å²) in [5, 5.41) is 11.0. The van der Waals surface area contributed by atoms with E-state index in [1.165, 1.54) is 23.1 Å². The molecule has 0 aliphatic carbocycles. The zero-order valence-electron chi connectivity index (χ0n) is 15.8. The van der Waals surface area contributed by atoms with E-state index in [1.54, 1.807) is 55.7 Å². The highest BCUT2D eigenvalue weighted by Gasteiger charge is 2.46. The Morgan fingerprint density at radius 1 is 1.07 bits per heavy atom. The Kier molecular flexibility index (Phi) is 5.22. The van der Waals surface area contributed by atoms with Gasteiger partial charge in [-0.1, -0.05) is 15.9 Å². The molecule has 1 aliphatic rings. The summed E-state index contributed by atoms with van der Waals surface area (Å²) in [4.78, 5) is 31.3. The molecule has 7 heteroatoms. The second-order valence-corrected chi connectivity index (χ2v) is 7.81. The molecule has 0 radical (unpaired) electrons. The predicted octanol–water partition coefficient (Wildman–Crippen LogP) is 4.92. The van der Waals surface area contributed by atoms with Crippen molar-refractivity contribution in [2.45, 2.75) is 13.0 Å². The monoisotopic (exact) mass is 466 g/mol. The Labute approximate surface area is 180 Å². The van der Waals surface area contributed by atoms with Gasteiger partial charge in [-0.05, 0) is 72.6 Å². The molecule has 4 rings (SSSR count). The summed E-state index contributed by atoms with van der Waals surface area (Å²) in [6, 6.07) is 13.5. The average molecular weight is 467 g/mol. The number of amides is 1. The van der Waals surface area contributed by atoms with E-state index in [2.05, 4.69) is 20.9 Å². The zero-order chi connectivity index (χ0) is 21.4. The van der Waals surface area contributed by atoms with Gasteiger partial charge < -0.3 is 5.11 Å². The number of anilines is 1. The van der Waals surface area contributed by atoms with Crippen molar-refractivity contribution in [3.05, 3.63) is 99.5 Å². The number of carbonyl (C=O) groups excluding carboxylic acids is 2. The first-order valence-corrected chi connectivity index (χ1v) is 9.91. The van der Waals surface area contributed by atoms with Crippen LogP contribution in [0.15, 0.2) is 77.0 Å². The van der Waals surface area contributed by atoms with Gasteiger partial charge >= 0.3 is 0 Å². The lowest BCUT2D eigenvalue weighted by Gasteiger charge is -2.25. The summed E-state index contributed by atoms with van der Waals surface area (Å²) < 4.78 is 14.5. The lowest BCUT2D eigenvalue weighted by atomic mass is 9.95. The van der Waals surface area contributed by atoms with Crippen LogP contribution >= 0.6 is 15.9 Å². The molecule has 1 N–H and O–H groups in total. The van der Waals surface area contributed by atoms with Gasteiger partial charge in [-0.2, -0.15) is 0 Å². The maximum absolute atomic E-state index is 13.7. The molecule has 1 fully saturated rings. The molecule has 5 nitrogen and oxygen atoms in total. The van der Waals surface area contributed by atoms with Gasteiger partial charge in [0.05, 0.1) is 11.6 Å². The lowest BCUT2D eigenvalue weighted by molar-refractivity contribution is -0.132. The molecule has 1 saturated heterocycles. The Balaban J connectivity index is 1.94. The molecule has 2 aromatic carbocycles. The van der Waals surface area contributed by atoms with Crippen molar-refractivity contribution in [2.75, 3.05) is 4.90 Å². The van der Waals surface area contributed by atoms with Crippen molar-refractivity contribution in [1.82, 2.24) is 4.98 Å². The summed E-state index contributed by atoms with van der Waals surface area (Å²) >= 11 is 3.36. The summed E-state index contributed by atoms with van der Waals surface area (Å²) in [5.41, 5.74) is 1.66. The summed E-state index contributed by atoms with van der Waals surface area (Å²) in [7, 11) is 0. The highest BCUT2D eigenvalue weighted by molar-refractivity contribution is 9.10. The molecule has 1 aromatic heterocycles. The standard InChI is InChI=1S/C23H16BrFN2O3/c1-13-12-15(2-7-18(13)25)21(28)19-20(14-8-10-26-11-9-14)27(23(30)22(19)29)17-5-3-16(24)4-6-17/h2-12,20,28H,1H3/b21-19-. The van der Waals surface area contributed by atoms with E-state index in [4.69, 9.17) is 0 Å². The molecule has 150 valence electrons. The average Bonchev–Trinajstić information content (AvgIpc) is 3.02. The largest absolute Gasteiger partial charge is 0.507 e. The van der Waals surface area contributed by atoms with Crippen LogP contribution < -0.4 is 4.90 Å². The number of aryl methyl sites for hydroxylation is 1. The smallest absolute Gasteiger partial charge is 0.300 e. The minimum absolute atomic E-state index is 0.0554. The maximum atomic E-state index is 13.7. The van der Waals surface area contributed by atoms with E-state index in [0.29, 0.717) is 16.8 Å². The molecule has 1 amide bonds. The number of hydrogen-bond donors (Lipinski definition) is 1. The fourth-order valence-corrected chi connectivity index (χ4v) is 3.77. The number of aliphatic hydroxyl groups is 1. The molecule has 30 heavy (non-hydrogen) atoms.